The first kappa shape index (κ1) is 18.0. The van der Waals surface area contributed by atoms with Gasteiger partial charge in [0.05, 0.1) is 5.56 Å². The molecule has 0 spiro atoms. The summed E-state index contributed by atoms with van der Waals surface area (Å²) in [6.45, 7) is 6.32. The van der Waals surface area contributed by atoms with Gasteiger partial charge in [0, 0.05) is 30.4 Å². The average molecular weight is 369 g/mol. The fraction of sp³-hybridized carbons (Fsp3) is 0.455. The van der Waals surface area contributed by atoms with E-state index >= 15 is 0 Å². The molecule has 0 unspecified atom stereocenters. The summed E-state index contributed by atoms with van der Waals surface area (Å²) in [7, 11) is 0. The number of hydrogen-bond donors (Lipinski definition) is 1. The fourth-order valence-corrected chi connectivity index (χ4v) is 4.15. The van der Waals surface area contributed by atoms with Crippen LogP contribution in [0.4, 0.5) is 4.39 Å². The number of ketones is 1. The van der Waals surface area contributed by atoms with Crippen molar-refractivity contribution in [3.8, 4) is 0 Å². The topological polar surface area (TPSA) is 59.3 Å². The van der Waals surface area contributed by atoms with E-state index in [2.05, 4.69) is 5.32 Å². The zero-order valence-electron chi connectivity index (χ0n) is 15.9. The average Bonchev–Trinajstić information content (AvgIpc) is 3.30. The van der Waals surface area contributed by atoms with Crippen LogP contribution in [0.3, 0.4) is 0 Å². The fourth-order valence-electron chi connectivity index (χ4n) is 4.15. The molecule has 0 atom stereocenters. The first-order valence-electron chi connectivity index (χ1n) is 9.41. The van der Waals surface area contributed by atoms with E-state index in [9.17, 15) is 14.0 Å². The van der Waals surface area contributed by atoms with Crippen LogP contribution in [0.2, 0.25) is 0 Å². The van der Waals surface area contributed by atoms with Crippen LogP contribution < -0.4 is 5.32 Å². The van der Waals surface area contributed by atoms with Gasteiger partial charge in [-0.15, -0.1) is 0 Å². The molecule has 1 N–H and O–H groups in total. The lowest BCUT2D eigenvalue weighted by atomic mass is 9.76. The van der Waals surface area contributed by atoms with E-state index in [0.29, 0.717) is 36.3 Å². The lowest BCUT2D eigenvalue weighted by molar-refractivity contribution is 0.0888. The molecule has 2 aliphatic rings. The molecule has 1 heterocycles. The molecule has 1 aromatic heterocycles. The Balaban J connectivity index is 1.51. The second-order valence-electron chi connectivity index (χ2n) is 8.77. The third-order valence-electron chi connectivity index (χ3n) is 5.88. The molecular formula is C22H24FNO3. The minimum Gasteiger partial charge on any atom is -0.455 e. The van der Waals surface area contributed by atoms with Gasteiger partial charge in [0.2, 0.25) is 0 Å². The van der Waals surface area contributed by atoms with E-state index in [1.54, 1.807) is 19.1 Å². The maximum Gasteiger partial charge on any atom is 0.287 e. The first-order chi connectivity index (χ1) is 12.7. The van der Waals surface area contributed by atoms with Gasteiger partial charge < -0.3 is 9.73 Å². The van der Waals surface area contributed by atoms with Crippen LogP contribution in [0, 0.1) is 18.2 Å². The Kier molecular flexibility index (Phi) is 4.02. The number of furan rings is 1. The Morgan fingerprint density at radius 1 is 1.19 bits per heavy atom. The van der Waals surface area contributed by atoms with Crippen LogP contribution in [-0.4, -0.2) is 18.2 Å². The minimum atomic E-state index is -0.291. The number of halogens is 1. The number of rotatable bonds is 4. The van der Waals surface area contributed by atoms with Gasteiger partial charge in [-0.2, -0.15) is 0 Å². The van der Waals surface area contributed by atoms with Crippen molar-refractivity contribution in [3.05, 3.63) is 58.3 Å². The molecule has 27 heavy (non-hydrogen) atoms. The normalized spacial score (nSPS) is 19.5. The number of nitrogens with one attached hydrogen (secondary N) is 1. The maximum atomic E-state index is 13.2. The molecule has 1 aromatic carbocycles. The van der Waals surface area contributed by atoms with Crippen molar-refractivity contribution in [3.63, 3.8) is 0 Å². The Morgan fingerprint density at radius 3 is 2.48 bits per heavy atom. The van der Waals surface area contributed by atoms with Gasteiger partial charge in [-0.05, 0) is 42.9 Å². The summed E-state index contributed by atoms with van der Waals surface area (Å²) in [4.78, 5) is 25.2. The summed E-state index contributed by atoms with van der Waals surface area (Å²) in [6.07, 6.45) is 3.04. The summed E-state index contributed by atoms with van der Waals surface area (Å²) < 4.78 is 19.0. The number of amides is 1. The van der Waals surface area contributed by atoms with Gasteiger partial charge in [0.15, 0.2) is 11.5 Å². The van der Waals surface area contributed by atoms with E-state index in [1.807, 2.05) is 13.8 Å². The van der Waals surface area contributed by atoms with Crippen molar-refractivity contribution in [2.45, 2.75) is 51.9 Å². The van der Waals surface area contributed by atoms with Crippen molar-refractivity contribution in [2.24, 2.45) is 5.41 Å². The highest BCUT2D eigenvalue weighted by molar-refractivity contribution is 6.03. The predicted molar refractivity (Wildman–Crippen MR) is 99.5 cm³/mol. The van der Waals surface area contributed by atoms with Crippen molar-refractivity contribution in [1.82, 2.24) is 5.32 Å². The summed E-state index contributed by atoms with van der Waals surface area (Å²) in [6, 6.07) is 6.48. The molecular weight excluding hydrogens is 345 g/mol. The number of carbonyl (C=O) groups is 2. The van der Waals surface area contributed by atoms with Crippen LogP contribution in [0.15, 0.2) is 28.7 Å². The molecule has 4 nitrogen and oxygen atoms in total. The Bertz CT molecular complexity index is 920. The van der Waals surface area contributed by atoms with E-state index in [4.69, 9.17) is 4.42 Å². The molecule has 142 valence electrons. The standard InChI is InChI=1S/C22H24FNO3/c1-13-18-16(25)10-21(2,3)11-17(18)27-19(13)20(26)24-12-22(8-9-22)14-4-6-15(23)7-5-14/h4-7H,8-12H2,1-3H3,(H,24,26). The van der Waals surface area contributed by atoms with Crippen molar-refractivity contribution in [1.29, 1.82) is 0 Å². The van der Waals surface area contributed by atoms with Crippen LogP contribution in [0.1, 0.15) is 70.9 Å². The quantitative estimate of drug-likeness (QED) is 0.872. The molecule has 2 aliphatic carbocycles. The van der Waals surface area contributed by atoms with Crippen molar-refractivity contribution < 1.29 is 18.4 Å². The monoisotopic (exact) mass is 369 g/mol. The summed E-state index contributed by atoms with van der Waals surface area (Å²) in [5, 5.41) is 2.96. The zero-order valence-corrected chi connectivity index (χ0v) is 15.9. The molecule has 1 saturated carbocycles. The minimum absolute atomic E-state index is 0.0477. The van der Waals surface area contributed by atoms with E-state index in [-0.39, 0.29) is 34.1 Å². The predicted octanol–water partition coefficient (Wildman–Crippen LogP) is 4.34. The van der Waals surface area contributed by atoms with Gasteiger partial charge in [-0.25, -0.2) is 4.39 Å². The number of fused-ring (bicyclic) bond motifs is 1. The second-order valence-corrected chi connectivity index (χ2v) is 8.77. The molecule has 0 aliphatic heterocycles. The second kappa shape index (κ2) is 6.04. The molecule has 0 saturated heterocycles. The van der Waals surface area contributed by atoms with Crippen LogP contribution in [0.5, 0.6) is 0 Å². The van der Waals surface area contributed by atoms with E-state index in [0.717, 1.165) is 18.4 Å². The number of hydrogen-bond acceptors (Lipinski definition) is 3. The molecule has 1 amide bonds. The molecule has 0 bridgehead atoms. The Morgan fingerprint density at radius 2 is 1.85 bits per heavy atom. The van der Waals surface area contributed by atoms with Gasteiger partial charge >= 0.3 is 0 Å². The summed E-state index contributed by atoms with van der Waals surface area (Å²) >= 11 is 0. The van der Waals surface area contributed by atoms with Crippen molar-refractivity contribution >= 4 is 11.7 Å². The third kappa shape index (κ3) is 3.20. The zero-order chi connectivity index (χ0) is 19.4. The summed E-state index contributed by atoms with van der Waals surface area (Å²) in [5.41, 5.74) is 1.98. The van der Waals surface area contributed by atoms with Gasteiger partial charge in [-0.3, -0.25) is 9.59 Å². The van der Waals surface area contributed by atoms with Crippen LogP contribution >= 0.6 is 0 Å². The maximum absolute atomic E-state index is 13.2. The molecule has 2 aromatic rings. The Hall–Kier alpha value is -2.43. The SMILES string of the molecule is Cc1c(C(=O)NCC2(c3ccc(F)cc3)CC2)oc2c1C(=O)CC(C)(C)C2. The molecule has 4 rings (SSSR count). The molecule has 0 radical (unpaired) electrons. The lowest BCUT2D eigenvalue weighted by Gasteiger charge is -2.27. The summed E-state index contributed by atoms with van der Waals surface area (Å²) in [5.74, 6) is 0.356. The molecule has 5 heteroatoms. The van der Waals surface area contributed by atoms with Crippen molar-refractivity contribution in [2.75, 3.05) is 6.54 Å². The third-order valence-corrected chi connectivity index (χ3v) is 5.88. The van der Waals surface area contributed by atoms with E-state index < -0.39 is 0 Å². The number of benzene rings is 1. The molecule has 1 fully saturated rings. The highest BCUT2D eigenvalue weighted by atomic mass is 19.1. The number of carbonyl (C=O) groups excluding carboxylic acids is 2. The first-order valence-corrected chi connectivity index (χ1v) is 9.41. The highest BCUT2D eigenvalue weighted by Gasteiger charge is 2.45. The van der Waals surface area contributed by atoms with Gasteiger partial charge in [0.25, 0.3) is 5.91 Å². The smallest absolute Gasteiger partial charge is 0.287 e. The van der Waals surface area contributed by atoms with Gasteiger partial charge in [-0.1, -0.05) is 26.0 Å². The van der Waals surface area contributed by atoms with Gasteiger partial charge in [0.1, 0.15) is 11.6 Å². The largest absolute Gasteiger partial charge is 0.455 e. The van der Waals surface area contributed by atoms with E-state index in [1.165, 1.54) is 12.1 Å². The lowest BCUT2D eigenvalue weighted by Crippen LogP contribution is -2.32. The highest BCUT2D eigenvalue weighted by Crippen LogP contribution is 2.47. The van der Waals surface area contributed by atoms with Crippen LogP contribution in [0.25, 0.3) is 0 Å². The number of Topliss-reactive ketones (excluding diaryl/α,β-unsaturated/α-hetero) is 1. The van der Waals surface area contributed by atoms with Crippen LogP contribution in [-0.2, 0) is 11.8 Å². The Labute approximate surface area is 158 Å².